The van der Waals surface area contributed by atoms with E-state index in [4.69, 9.17) is 16.0 Å². The van der Waals surface area contributed by atoms with E-state index < -0.39 is 5.97 Å². The SMILES string of the molecule is CCc1cc(CCl)oc1C(=O)[O-]. The van der Waals surface area contributed by atoms with E-state index in [-0.39, 0.29) is 11.6 Å². The predicted molar refractivity (Wildman–Crippen MR) is 42.0 cm³/mol. The van der Waals surface area contributed by atoms with Crippen molar-refractivity contribution in [1.29, 1.82) is 0 Å². The maximum absolute atomic E-state index is 10.5. The fourth-order valence-corrected chi connectivity index (χ4v) is 1.12. The molecule has 0 aromatic carbocycles. The van der Waals surface area contributed by atoms with Gasteiger partial charge >= 0.3 is 0 Å². The number of aryl methyl sites for hydroxylation is 1. The lowest BCUT2D eigenvalue weighted by atomic mass is 10.2. The van der Waals surface area contributed by atoms with Gasteiger partial charge < -0.3 is 14.3 Å². The highest BCUT2D eigenvalue weighted by Gasteiger charge is 2.09. The van der Waals surface area contributed by atoms with E-state index in [1.165, 1.54) is 0 Å². The predicted octanol–water partition coefficient (Wildman–Crippen LogP) is 0.944. The lowest BCUT2D eigenvalue weighted by Crippen LogP contribution is -2.22. The molecule has 0 aliphatic heterocycles. The summed E-state index contributed by atoms with van der Waals surface area (Å²) < 4.78 is 4.92. The van der Waals surface area contributed by atoms with Crippen LogP contribution in [-0.2, 0) is 12.3 Å². The summed E-state index contributed by atoms with van der Waals surface area (Å²) in [5, 5.41) is 10.5. The lowest BCUT2D eigenvalue weighted by Gasteiger charge is -1.98. The first-order valence-electron chi connectivity index (χ1n) is 3.58. The number of hydrogen-bond acceptors (Lipinski definition) is 3. The van der Waals surface area contributed by atoms with Crippen LogP contribution in [-0.4, -0.2) is 5.97 Å². The Morgan fingerprint density at radius 3 is 2.75 bits per heavy atom. The molecule has 1 heterocycles. The Labute approximate surface area is 74.9 Å². The third kappa shape index (κ3) is 1.61. The molecule has 0 radical (unpaired) electrons. The van der Waals surface area contributed by atoms with E-state index in [1.54, 1.807) is 6.07 Å². The molecule has 0 unspecified atom stereocenters. The summed E-state index contributed by atoms with van der Waals surface area (Å²) in [7, 11) is 0. The van der Waals surface area contributed by atoms with E-state index >= 15 is 0 Å². The first-order chi connectivity index (χ1) is 5.69. The minimum absolute atomic E-state index is 0.104. The number of carboxylic acids is 1. The van der Waals surface area contributed by atoms with Crippen molar-refractivity contribution in [2.24, 2.45) is 0 Å². The van der Waals surface area contributed by atoms with Crippen LogP contribution in [0.15, 0.2) is 10.5 Å². The lowest BCUT2D eigenvalue weighted by molar-refractivity contribution is -0.257. The van der Waals surface area contributed by atoms with Crippen LogP contribution in [0.25, 0.3) is 0 Å². The van der Waals surface area contributed by atoms with Gasteiger partial charge in [0, 0.05) is 0 Å². The standard InChI is InChI=1S/C8H9ClO3/c1-2-5-3-6(4-9)12-7(5)8(10)11/h3H,2,4H2,1H3,(H,10,11)/p-1. The summed E-state index contributed by atoms with van der Waals surface area (Å²) >= 11 is 5.47. The van der Waals surface area contributed by atoms with Crippen LogP contribution < -0.4 is 5.11 Å². The average molecular weight is 188 g/mol. The van der Waals surface area contributed by atoms with E-state index in [1.807, 2.05) is 6.92 Å². The Kier molecular flexibility index (Phi) is 2.76. The van der Waals surface area contributed by atoms with Crippen molar-refractivity contribution in [3.8, 4) is 0 Å². The molecule has 1 rings (SSSR count). The summed E-state index contributed by atoms with van der Waals surface area (Å²) in [5.74, 6) is -0.746. The number of carbonyl (C=O) groups excluding carboxylic acids is 1. The highest BCUT2D eigenvalue weighted by Crippen LogP contribution is 2.16. The zero-order valence-electron chi connectivity index (χ0n) is 6.59. The molecule has 0 spiro atoms. The zero-order valence-corrected chi connectivity index (χ0v) is 7.35. The minimum atomic E-state index is -1.29. The number of rotatable bonds is 3. The number of hydrogen-bond donors (Lipinski definition) is 0. The van der Waals surface area contributed by atoms with Gasteiger partial charge in [-0.2, -0.15) is 0 Å². The van der Waals surface area contributed by atoms with Gasteiger partial charge in [0.2, 0.25) is 0 Å². The fraction of sp³-hybridized carbons (Fsp3) is 0.375. The van der Waals surface area contributed by atoms with Gasteiger partial charge in [0.15, 0.2) is 5.76 Å². The highest BCUT2D eigenvalue weighted by atomic mass is 35.5. The van der Waals surface area contributed by atoms with Gasteiger partial charge in [0.05, 0.1) is 5.88 Å². The Morgan fingerprint density at radius 1 is 1.75 bits per heavy atom. The van der Waals surface area contributed by atoms with Crippen LogP contribution in [0.4, 0.5) is 0 Å². The zero-order chi connectivity index (χ0) is 9.14. The molecule has 0 saturated heterocycles. The van der Waals surface area contributed by atoms with Crippen LogP contribution in [0.1, 0.15) is 28.8 Å². The number of carboxylic acid groups (broad SMARTS) is 1. The van der Waals surface area contributed by atoms with Gasteiger partial charge in [-0.05, 0) is 18.1 Å². The normalized spacial score (nSPS) is 10.2. The summed E-state index contributed by atoms with van der Waals surface area (Å²) in [6.45, 7) is 1.84. The quantitative estimate of drug-likeness (QED) is 0.662. The van der Waals surface area contributed by atoms with E-state index in [0.717, 1.165) is 0 Å². The van der Waals surface area contributed by atoms with Crippen LogP contribution in [0.2, 0.25) is 0 Å². The summed E-state index contributed by atoms with van der Waals surface area (Å²) in [6.07, 6.45) is 0.601. The molecule has 0 aliphatic carbocycles. The van der Waals surface area contributed by atoms with Crippen molar-refractivity contribution in [2.75, 3.05) is 0 Å². The Bertz CT molecular complexity index is 290. The number of halogens is 1. The second-order valence-electron chi connectivity index (χ2n) is 2.34. The Balaban J connectivity index is 3.08. The van der Waals surface area contributed by atoms with Crippen LogP contribution in [0, 0.1) is 0 Å². The molecule has 4 heteroatoms. The second kappa shape index (κ2) is 3.63. The third-order valence-electron chi connectivity index (χ3n) is 1.56. The molecular formula is C8H8ClO3-. The summed E-state index contributed by atoms with van der Waals surface area (Å²) in [6, 6.07) is 1.64. The van der Waals surface area contributed by atoms with Gasteiger partial charge in [-0.1, -0.05) is 6.92 Å². The van der Waals surface area contributed by atoms with E-state index in [0.29, 0.717) is 17.7 Å². The first-order valence-corrected chi connectivity index (χ1v) is 4.11. The smallest absolute Gasteiger partial charge is 0.152 e. The Hall–Kier alpha value is -0.960. The topological polar surface area (TPSA) is 53.3 Å². The summed E-state index contributed by atoms with van der Waals surface area (Å²) in [4.78, 5) is 10.5. The fourth-order valence-electron chi connectivity index (χ4n) is 0.987. The largest absolute Gasteiger partial charge is 0.542 e. The number of alkyl halides is 1. The number of furan rings is 1. The van der Waals surface area contributed by atoms with Crippen molar-refractivity contribution >= 4 is 17.6 Å². The number of aromatic carboxylic acids is 1. The Morgan fingerprint density at radius 2 is 2.42 bits per heavy atom. The van der Waals surface area contributed by atoms with Crippen molar-refractivity contribution in [1.82, 2.24) is 0 Å². The molecule has 0 atom stereocenters. The molecule has 0 aliphatic rings. The number of carbonyl (C=O) groups is 1. The van der Waals surface area contributed by atoms with Gasteiger partial charge in [0.25, 0.3) is 0 Å². The molecule has 1 aromatic heterocycles. The van der Waals surface area contributed by atoms with Gasteiger partial charge in [0.1, 0.15) is 11.7 Å². The van der Waals surface area contributed by atoms with Gasteiger partial charge in [-0.3, -0.25) is 0 Å². The molecule has 0 saturated carbocycles. The molecule has 1 aromatic rings. The second-order valence-corrected chi connectivity index (χ2v) is 2.61. The van der Waals surface area contributed by atoms with Crippen LogP contribution >= 0.6 is 11.6 Å². The van der Waals surface area contributed by atoms with Gasteiger partial charge in [-0.15, -0.1) is 11.6 Å². The molecule has 0 bridgehead atoms. The molecule has 12 heavy (non-hydrogen) atoms. The summed E-state index contributed by atoms with van der Waals surface area (Å²) in [5.41, 5.74) is 0.630. The molecule has 0 fully saturated rings. The third-order valence-corrected chi connectivity index (χ3v) is 1.82. The van der Waals surface area contributed by atoms with E-state index in [2.05, 4.69) is 0 Å². The molecule has 66 valence electrons. The highest BCUT2D eigenvalue weighted by molar-refractivity contribution is 6.16. The van der Waals surface area contributed by atoms with E-state index in [9.17, 15) is 9.90 Å². The minimum Gasteiger partial charge on any atom is -0.542 e. The average Bonchev–Trinajstić information content (AvgIpc) is 2.47. The molecule has 0 N–H and O–H groups in total. The van der Waals surface area contributed by atoms with Crippen LogP contribution in [0.5, 0.6) is 0 Å². The monoisotopic (exact) mass is 187 g/mol. The van der Waals surface area contributed by atoms with Crippen molar-refractivity contribution < 1.29 is 14.3 Å². The maximum atomic E-state index is 10.5. The van der Waals surface area contributed by atoms with Crippen molar-refractivity contribution in [2.45, 2.75) is 19.2 Å². The molecule has 0 amide bonds. The van der Waals surface area contributed by atoms with Gasteiger partial charge in [-0.25, -0.2) is 0 Å². The van der Waals surface area contributed by atoms with Crippen molar-refractivity contribution in [3.05, 3.63) is 23.2 Å². The molecular weight excluding hydrogens is 180 g/mol. The first kappa shape index (κ1) is 9.13. The van der Waals surface area contributed by atoms with Crippen molar-refractivity contribution in [3.63, 3.8) is 0 Å². The maximum Gasteiger partial charge on any atom is 0.152 e. The molecule has 3 nitrogen and oxygen atoms in total. The van der Waals surface area contributed by atoms with Crippen LogP contribution in [0.3, 0.4) is 0 Å².